The largest absolute Gasteiger partial charge is 0.262 e. The molecule has 0 aromatic carbocycles. The number of pyridine rings is 1. The van der Waals surface area contributed by atoms with Gasteiger partial charge in [-0.05, 0) is 46.7 Å². The molecule has 4 nitrogen and oxygen atoms in total. The highest BCUT2D eigenvalue weighted by molar-refractivity contribution is 9.10. The number of hydrogen-bond donors (Lipinski definition) is 0. The zero-order valence-corrected chi connectivity index (χ0v) is 13.7. The topological polar surface area (TPSA) is 50.3 Å². The van der Waals surface area contributed by atoms with E-state index in [1.165, 1.54) is 6.20 Å². The predicted molar refractivity (Wildman–Crippen MR) is 78.3 cm³/mol. The Morgan fingerprint density at radius 1 is 1.37 bits per heavy atom. The van der Waals surface area contributed by atoms with Crippen molar-refractivity contribution in [1.29, 1.82) is 0 Å². The first-order valence-electron chi connectivity index (χ1n) is 6.54. The van der Waals surface area contributed by atoms with Gasteiger partial charge >= 0.3 is 0 Å². The van der Waals surface area contributed by atoms with Gasteiger partial charge in [0.2, 0.25) is 10.0 Å². The van der Waals surface area contributed by atoms with Crippen molar-refractivity contribution < 1.29 is 8.42 Å². The van der Waals surface area contributed by atoms with Gasteiger partial charge in [0.15, 0.2) is 0 Å². The molecule has 0 saturated carbocycles. The Bertz CT molecular complexity index is 556. The Morgan fingerprint density at radius 2 is 2.05 bits per heavy atom. The highest BCUT2D eigenvalue weighted by Gasteiger charge is 2.40. The summed E-state index contributed by atoms with van der Waals surface area (Å²) in [7, 11) is -3.41. The monoisotopic (exact) mass is 346 g/mol. The molecule has 0 bridgehead atoms. The van der Waals surface area contributed by atoms with E-state index in [9.17, 15) is 8.42 Å². The Balaban J connectivity index is 2.28. The van der Waals surface area contributed by atoms with Gasteiger partial charge in [-0.1, -0.05) is 13.8 Å². The van der Waals surface area contributed by atoms with Crippen molar-refractivity contribution in [1.82, 2.24) is 9.29 Å². The van der Waals surface area contributed by atoms with Crippen LogP contribution in [-0.2, 0) is 10.0 Å². The number of nitrogens with zero attached hydrogens (tertiary/aromatic N) is 2. The minimum Gasteiger partial charge on any atom is -0.262 e. The van der Waals surface area contributed by atoms with E-state index in [-0.39, 0.29) is 10.3 Å². The predicted octanol–water partition coefficient (Wildman–Crippen LogP) is 3.04. The number of rotatable bonds is 4. The molecule has 106 valence electrons. The van der Waals surface area contributed by atoms with E-state index in [4.69, 9.17) is 0 Å². The summed E-state index contributed by atoms with van der Waals surface area (Å²) < 4.78 is 27.4. The smallest absolute Gasteiger partial charge is 0.244 e. The van der Waals surface area contributed by atoms with Gasteiger partial charge in [0.25, 0.3) is 0 Å². The zero-order chi connectivity index (χ0) is 14.1. The van der Waals surface area contributed by atoms with Crippen LogP contribution in [0.25, 0.3) is 0 Å². The Hall–Kier alpha value is -0.460. The van der Waals surface area contributed by atoms with Gasteiger partial charge in [-0.25, -0.2) is 8.42 Å². The maximum absolute atomic E-state index is 12.6. The second-order valence-corrected chi connectivity index (χ2v) is 7.99. The zero-order valence-electron chi connectivity index (χ0n) is 11.3. The summed E-state index contributed by atoms with van der Waals surface area (Å²) in [5, 5.41) is 0. The average molecular weight is 347 g/mol. The molecule has 0 atom stereocenters. The van der Waals surface area contributed by atoms with Gasteiger partial charge in [-0.15, -0.1) is 0 Å². The first-order valence-corrected chi connectivity index (χ1v) is 8.77. The van der Waals surface area contributed by atoms with Gasteiger partial charge in [0, 0.05) is 30.0 Å². The molecule has 2 heterocycles. The second-order valence-electron chi connectivity index (χ2n) is 5.13. The van der Waals surface area contributed by atoms with Crippen molar-refractivity contribution in [2.45, 2.75) is 38.0 Å². The van der Waals surface area contributed by atoms with Crippen molar-refractivity contribution in [3.05, 3.63) is 22.9 Å². The normalized spacial score (nSPS) is 19.7. The van der Waals surface area contributed by atoms with E-state index in [1.54, 1.807) is 16.6 Å². The van der Waals surface area contributed by atoms with Crippen LogP contribution < -0.4 is 0 Å². The Morgan fingerprint density at radius 3 is 2.58 bits per heavy atom. The van der Waals surface area contributed by atoms with Gasteiger partial charge in [-0.3, -0.25) is 4.98 Å². The molecule has 1 aromatic rings. The molecule has 19 heavy (non-hydrogen) atoms. The van der Waals surface area contributed by atoms with Crippen LogP contribution in [0.1, 0.15) is 33.1 Å². The summed E-state index contributed by atoms with van der Waals surface area (Å²) in [4.78, 5) is 4.21. The third-order valence-electron chi connectivity index (χ3n) is 4.22. The molecule has 0 amide bonds. The van der Waals surface area contributed by atoms with E-state index in [0.29, 0.717) is 17.6 Å². The number of aromatic nitrogens is 1. The van der Waals surface area contributed by atoms with E-state index in [0.717, 1.165) is 19.3 Å². The summed E-state index contributed by atoms with van der Waals surface area (Å²) in [6.45, 7) is 5.51. The van der Waals surface area contributed by atoms with Crippen molar-refractivity contribution in [2.75, 3.05) is 13.1 Å². The molecule has 6 heteroatoms. The van der Waals surface area contributed by atoms with Crippen LogP contribution >= 0.6 is 15.9 Å². The molecule has 1 saturated heterocycles. The fraction of sp³-hybridized carbons (Fsp3) is 0.615. The van der Waals surface area contributed by atoms with E-state index >= 15 is 0 Å². The fourth-order valence-corrected chi connectivity index (χ4v) is 4.67. The van der Waals surface area contributed by atoms with Gasteiger partial charge in [0.05, 0.1) is 0 Å². The lowest BCUT2D eigenvalue weighted by molar-refractivity contribution is 0.279. The van der Waals surface area contributed by atoms with Crippen LogP contribution in [0.5, 0.6) is 0 Å². The first kappa shape index (κ1) is 14.9. The average Bonchev–Trinajstić information content (AvgIpc) is 2.84. The van der Waals surface area contributed by atoms with E-state index < -0.39 is 10.0 Å². The van der Waals surface area contributed by atoms with Crippen LogP contribution in [0, 0.1) is 5.41 Å². The molecule has 0 spiro atoms. The van der Waals surface area contributed by atoms with E-state index in [1.807, 2.05) is 0 Å². The summed E-state index contributed by atoms with van der Waals surface area (Å²) >= 11 is 3.27. The quantitative estimate of drug-likeness (QED) is 0.841. The van der Waals surface area contributed by atoms with Crippen molar-refractivity contribution in [3.8, 4) is 0 Å². The number of sulfonamides is 1. The van der Waals surface area contributed by atoms with Crippen molar-refractivity contribution in [2.24, 2.45) is 5.41 Å². The van der Waals surface area contributed by atoms with Crippen LogP contribution in [0.4, 0.5) is 0 Å². The molecule has 1 aliphatic rings. The van der Waals surface area contributed by atoms with Gasteiger partial charge < -0.3 is 0 Å². The molecule has 0 aliphatic carbocycles. The third-order valence-corrected chi connectivity index (χ3v) is 6.47. The fourth-order valence-electron chi connectivity index (χ4n) is 2.61. The maximum atomic E-state index is 12.6. The summed E-state index contributed by atoms with van der Waals surface area (Å²) in [6, 6.07) is 1.61. The molecule has 1 aromatic heterocycles. The minimum absolute atomic E-state index is 0.145. The summed E-state index contributed by atoms with van der Waals surface area (Å²) in [5.74, 6) is 0. The van der Waals surface area contributed by atoms with Crippen molar-refractivity contribution >= 4 is 26.0 Å². The lowest BCUT2D eigenvalue weighted by Gasteiger charge is -2.26. The molecular weight excluding hydrogens is 328 g/mol. The minimum atomic E-state index is -3.41. The van der Waals surface area contributed by atoms with Crippen LogP contribution in [0.15, 0.2) is 27.8 Å². The highest BCUT2D eigenvalue weighted by Crippen LogP contribution is 2.39. The second kappa shape index (κ2) is 5.50. The number of halogens is 1. The van der Waals surface area contributed by atoms with Crippen LogP contribution in [0.3, 0.4) is 0 Å². The third kappa shape index (κ3) is 2.85. The SMILES string of the molecule is CCC1(CC)CCN(S(=O)(=O)c2cncc(Br)c2)C1. The molecule has 0 N–H and O–H groups in total. The maximum Gasteiger partial charge on any atom is 0.244 e. The number of hydrogen-bond acceptors (Lipinski definition) is 3. The van der Waals surface area contributed by atoms with Gasteiger partial charge in [-0.2, -0.15) is 4.31 Å². The molecule has 1 aliphatic heterocycles. The van der Waals surface area contributed by atoms with E-state index in [2.05, 4.69) is 34.8 Å². The van der Waals surface area contributed by atoms with Crippen LogP contribution in [0.2, 0.25) is 0 Å². The summed E-state index contributed by atoms with van der Waals surface area (Å²) in [5.41, 5.74) is 0.145. The standard InChI is InChI=1S/C13H19BrN2O2S/c1-3-13(4-2)5-6-16(10-13)19(17,18)12-7-11(14)8-15-9-12/h7-9H,3-6,10H2,1-2H3. The van der Waals surface area contributed by atoms with Gasteiger partial charge in [0.1, 0.15) is 4.90 Å². The molecule has 0 unspecified atom stereocenters. The van der Waals surface area contributed by atoms with Crippen molar-refractivity contribution in [3.63, 3.8) is 0 Å². The Labute approximate surface area is 123 Å². The summed E-state index contributed by atoms with van der Waals surface area (Å²) in [6.07, 6.45) is 5.99. The molecule has 1 fully saturated rings. The molecule has 0 radical (unpaired) electrons. The molecular formula is C13H19BrN2O2S. The van der Waals surface area contributed by atoms with Crippen LogP contribution in [-0.4, -0.2) is 30.8 Å². The lowest BCUT2D eigenvalue weighted by atomic mass is 9.82. The first-order chi connectivity index (χ1) is 8.93. The Kier molecular flexibility index (Phi) is 4.32. The molecule has 2 rings (SSSR count). The lowest BCUT2D eigenvalue weighted by Crippen LogP contribution is -2.32. The highest BCUT2D eigenvalue weighted by atomic mass is 79.9.